The quantitative estimate of drug-likeness (QED) is 0.195. The van der Waals surface area contributed by atoms with Crippen molar-refractivity contribution in [3.63, 3.8) is 0 Å². The number of para-hydroxylation sites is 1. The van der Waals surface area contributed by atoms with E-state index in [-0.39, 0.29) is 23.7 Å². The van der Waals surface area contributed by atoms with Crippen LogP contribution in [-0.2, 0) is 11.2 Å². The summed E-state index contributed by atoms with van der Waals surface area (Å²) in [7, 11) is 1.65. The molecule has 2 bridgehead atoms. The van der Waals surface area contributed by atoms with Gasteiger partial charge in [-0.1, -0.05) is 78.9 Å². The molecular weight excluding hydrogens is 566 g/mol. The first-order valence-corrected chi connectivity index (χ1v) is 15.8. The molecule has 0 fully saturated rings. The first-order chi connectivity index (χ1) is 21.5. The van der Waals surface area contributed by atoms with Crippen LogP contribution in [0.15, 0.2) is 102 Å². The lowest BCUT2D eigenvalue weighted by molar-refractivity contribution is -0.126. The number of fused-ring (bicyclic) bond motifs is 1. The molecule has 3 aliphatic carbocycles. The molecule has 2 N–H and O–H groups in total. The summed E-state index contributed by atoms with van der Waals surface area (Å²) in [5.41, 5.74) is 7.87. The van der Waals surface area contributed by atoms with Gasteiger partial charge in [0.05, 0.1) is 18.2 Å². The molecule has 0 saturated carbocycles. The molecule has 2 amide bonds. The number of carbonyl (C=O) groups excluding carboxylic acids is 2. The summed E-state index contributed by atoms with van der Waals surface area (Å²) in [6, 6.07) is 32.3. The summed E-state index contributed by atoms with van der Waals surface area (Å²) in [4.78, 5) is 31.5. The van der Waals surface area contributed by atoms with Crippen LogP contribution < -0.4 is 15.4 Å². The van der Waals surface area contributed by atoms with Crippen LogP contribution >= 0.6 is 11.3 Å². The van der Waals surface area contributed by atoms with Gasteiger partial charge in [-0.2, -0.15) is 0 Å². The molecule has 0 aliphatic heterocycles. The molecule has 0 spiro atoms. The lowest BCUT2D eigenvalue weighted by Gasteiger charge is -2.50. The van der Waals surface area contributed by atoms with Crippen LogP contribution in [0.1, 0.15) is 63.4 Å². The van der Waals surface area contributed by atoms with Gasteiger partial charge in [-0.15, -0.1) is 11.3 Å². The molecule has 1 unspecified atom stereocenters. The number of hydrogen-bond donors (Lipinski definition) is 2. The number of nitrogens with zero attached hydrogens (tertiary/aromatic N) is 1. The Balaban J connectivity index is 1.02. The molecule has 44 heavy (non-hydrogen) atoms. The van der Waals surface area contributed by atoms with E-state index in [1.54, 1.807) is 19.2 Å². The third-order valence-electron chi connectivity index (χ3n) is 9.19. The normalized spacial score (nSPS) is 19.5. The Hall–Kier alpha value is -4.75. The van der Waals surface area contributed by atoms with E-state index in [0.717, 1.165) is 29.0 Å². The minimum atomic E-state index is -0.597. The summed E-state index contributed by atoms with van der Waals surface area (Å²) >= 11 is 1.42. The molecule has 5 aromatic rings. The average molecular weight is 600 g/mol. The van der Waals surface area contributed by atoms with Gasteiger partial charge in [0.2, 0.25) is 5.91 Å². The summed E-state index contributed by atoms with van der Waals surface area (Å²) in [5.74, 6) is 0.883. The van der Waals surface area contributed by atoms with Gasteiger partial charge in [0.15, 0.2) is 5.13 Å². The zero-order valence-electron chi connectivity index (χ0n) is 24.7. The fourth-order valence-corrected chi connectivity index (χ4v) is 7.72. The van der Waals surface area contributed by atoms with Crippen molar-refractivity contribution in [3.8, 4) is 17.0 Å². The molecule has 1 aromatic heterocycles. The van der Waals surface area contributed by atoms with Gasteiger partial charge in [-0.3, -0.25) is 9.59 Å². The maximum absolute atomic E-state index is 14.0. The van der Waals surface area contributed by atoms with Gasteiger partial charge < -0.3 is 15.4 Å². The molecule has 1 heterocycles. The van der Waals surface area contributed by atoms with Gasteiger partial charge in [0, 0.05) is 34.9 Å². The Morgan fingerprint density at radius 2 is 1.52 bits per heavy atom. The van der Waals surface area contributed by atoms with E-state index >= 15 is 0 Å². The van der Waals surface area contributed by atoms with Crippen LogP contribution in [0.4, 0.5) is 5.13 Å². The van der Waals surface area contributed by atoms with Crippen LogP contribution in [0.2, 0.25) is 0 Å². The number of hydrogen-bond acceptors (Lipinski definition) is 5. The minimum absolute atomic E-state index is 0.00227. The van der Waals surface area contributed by atoms with Crippen LogP contribution in [-0.4, -0.2) is 30.5 Å². The van der Waals surface area contributed by atoms with Crippen molar-refractivity contribution in [2.45, 2.75) is 31.6 Å². The van der Waals surface area contributed by atoms with Crippen molar-refractivity contribution in [2.75, 3.05) is 19.0 Å². The predicted molar refractivity (Wildman–Crippen MR) is 175 cm³/mol. The monoisotopic (exact) mass is 599 g/mol. The number of aromatic nitrogens is 1. The number of nitrogens with one attached hydrogen (secondary N) is 2. The number of rotatable bonds is 8. The standard InChI is InChI=1S/C37H33N3O3S/c1-37(21-30-26-10-4-6-12-28(26)33(37)29-13-7-5-11-27(29)30)35(42)40-36-39-31(22-44-36)23-15-17-25(18-16-23)34(41)38-20-19-24-9-3-8-14-32(24)43-2/h3-18,22,30,33H,19-21H2,1-2H3,(H,38,41)(H,39,40,42). The largest absolute Gasteiger partial charge is 0.496 e. The Labute approximate surface area is 261 Å². The third-order valence-corrected chi connectivity index (χ3v) is 9.95. The first-order valence-electron chi connectivity index (χ1n) is 14.9. The summed E-state index contributed by atoms with van der Waals surface area (Å²) in [6.07, 6.45) is 1.44. The van der Waals surface area contributed by atoms with E-state index in [1.165, 1.54) is 33.6 Å². The molecule has 0 saturated heterocycles. The van der Waals surface area contributed by atoms with Gasteiger partial charge >= 0.3 is 0 Å². The molecule has 8 rings (SSSR count). The molecule has 220 valence electrons. The van der Waals surface area contributed by atoms with Crippen molar-refractivity contribution >= 4 is 28.3 Å². The Morgan fingerprint density at radius 3 is 2.20 bits per heavy atom. The van der Waals surface area contributed by atoms with Gasteiger partial charge in [-0.25, -0.2) is 4.98 Å². The second kappa shape index (κ2) is 11.4. The molecule has 7 heteroatoms. The van der Waals surface area contributed by atoms with E-state index < -0.39 is 5.41 Å². The number of anilines is 1. The van der Waals surface area contributed by atoms with E-state index in [1.807, 2.05) is 41.8 Å². The summed E-state index contributed by atoms with van der Waals surface area (Å²) < 4.78 is 5.40. The topological polar surface area (TPSA) is 80.3 Å². The van der Waals surface area contributed by atoms with E-state index in [4.69, 9.17) is 9.72 Å². The van der Waals surface area contributed by atoms with Crippen LogP contribution in [0.25, 0.3) is 11.3 Å². The number of thiazole rings is 1. The van der Waals surface area contributed by atoms with Crippen molar-refractivity contribution in [3.05, 3.63) is 136 Å². The maximum Gasteiger partial charge on any atom is 0.251 e. The molecule has 0 radical (unpaired) electrons. The van der Waals surface area contributed by atoms with Crippen molar-refractivity contribution in [2.24, 2.45) is 5.41 Å². The third kappa shape index (κ3) is 4.87. The number of ether oxygens (including phenoxy) is 1. The number of carbonyl (C=O) groups is 2. The SMILES string of the molecule is COc1ccccc1CCNC(=O)c1ccc(-c2csc(NC(=O)C3(C)CC4c5ccccc5C3c3ccccc34)n2)cc1. The Kier molecular flexibility index (Phi) is 7.26. The Bertz CT molecular complexity index is 1820. The highest BCUT2D eigenvalue weighted by atomic mass is 32.1. The van der Waals surface area contributed by atoms with Crippen molar-refractivity contribution in [1.82, 2.24) is 10.3 Å². The highest BCUT2D eigenvalue weighted by Gasteiger charge is 2.54. The second-order valence-corrected chi connectivity index (χ2v) is 12.6. The molecular formula is C37H33N3O3S. The molecule has 3 aliphatic rings. The van der Waals surface area contributed by atoms with E-state index in [0.29, 0.717) is 23.7 Å². The van der Waals surface area contributed by atoms with Gasteiger partial charge in [0.25, 0.3) is 5.91 Å². The van der Waals surface area contributed by atoms with E-state index in [9.17, 15) is 9.59 Å². The van der Waals surface area contributed by atoms with E-state index in [2.05, 4.69) is 66.1 Å². The van der Waals surface area contributed by atoms with Gasteiger partial charge in [-0.05, 0) is 65.8 Å². The Morgan fingerprint density at radius 1 is 0.886 bits per heavy atom. The molecule has 6 nitrogen and oxygen atoms in total. The average Bonchev–Trinajstić information content (AvgIpc) is 3.53. The molecule has 1 atom stereocenters. The lowest BCUT2D eigenvalue weighted by atomic mass is 9.52. The minimum Gasteiger partial charge on any atom is -0.496 e. The highest BCUT2D eigenvalue weighted by Crippen LogP contribution is 2.61. The summed E-state index contributed by atoms with van der Waals surface area (Å²) in [6.45, 7) is 2.61. The smallest absolute Gasteiger partial charge is 0.251 e. The molecule has 4 aromatic carbocycles. The summed E-state index contributed by atoms with van der Waals surface area (Å²) in [5, 5.41) is 8.66. The second-order valence-electron chi connectivity index (χ2n) is 11.8. The van der Waals surface area contributed by atoms with Crippen LogP contribution in [0.3, 0.4) is 0 Å². The predicted octanol–water partition coefficient (Wildman–Crippen LogP) is 7.42. The fourth-order valence-electron chi connectivity index (χ4n) is 7.01. The number of amides is 2. The lowest BCUT2D eigenvalue weighted by Crippen LogP contribution is -2.47. The maximum atomic E-state index is 14.0. The zero-order valence-corrected chi connectivity index (χ0v) is 25.5. The van der Waals surface area contributed by atoms with Crippen molar-refractivity contribution < 1.29 is 14.3 Å². The first kappa shape index (κ1) is 28.0. The van der Waals surface area contributed by atoms with Crippen molar-refractivity contribution in [1.29, 1.82) is 0 Å². The zero-order chi connectivity index (χ0) is 30.3. The number of benzene rings is 4. The highest BCUT2D eigenvalue weighted by molar-refractivity contribution is 7.14. The fraction of sp³-hybridized carbons (Fsp3) is 0.216. The number of methoxy groups -OCH3 is 1. The van der Waals surface area contributed by atoms with Gasteiger partial charge in [0.1, 0.15) is 5.75 Å². The van der Waals surface area contributed by atoms with Crippen LogP contribution in [0, 0.1) is 5.41 Å². The van der Waals surface area contributed by atoms with Crippen LogP contribution in [0.5, 0.6) is 5.75 Å².